The van der Waals surface area contributed by atoms with Crippen molar-refractivity contribution in [1.29, 1.82) is 0 Å². The van der Waals surface area contributed by atoms with Crippen molar-refractivity contribution in [3.8, 4) is 0 Å². The van der Waals surface area contributed by atoms with Gasteiger partial charge in [0.1, 0.15) is 5.71 Å². The molecule has 0 spiro atoms. The number of rotatable bonds is 2. The summed E-state index contributed by atoms with van der Waals surface area (Å²) in [7, 11) is 0. The van der Waals surface area contributed by atoms with E-state index in [4.69, 9.17) is 4.99 Å². The first-order chi connectivity index (χ1) is 11.6. The molecule has 1 saturated carbocycles. The van der Waals surface area contributed by atoms with Gasteiger partial charge >= 0.3 is 0 Å². The van der Waals surface area contributed by atoms with Gasteiger partial charge in [0.15, 0.2) is 5.78 Å². The zero-order valence-corrected chi connectivity index (χ0v) is 14.4. The Morgan fingerprint density at radius 2 is 1.71 bits per heavy atom. The minimum absolute atomic E-state index is 0.151. The molecule has 2 aromatic rings. The van der Waals surface area contributed by atoms with Gasteiger partial charge in [-0.3, -0.25) is 4.79 Å². The van der Waals surface area contributed by atoms with E-state index in [9.17, 15) is 4.79 Å². The van der Waals surface area contributed by atoms with Crippen LogP contribution in [0.2, 0.25) is 0 Å². The number of carbonyl (C=O) groups excluding carboxylic acids is 1. The topological polar surface area (TPSA) is 29.4 Å². The van der Waals surface area contributed by atoms with Gasteiger partial charge in [-0.05, 0) is 61.9 Å². The van der Waals surface area contributed by atoms with E-state index in [0.717, 1.165) is 11.3 Å². The Labute approximate surface area is 143 Å². The van der Waals surface area contributed by atoms with E-state index in [1.54, 1.807) is 0 Å². The van der Waals surface area contributed by atoms with Gasteiger partial charge in [-0.2, -0.15) is 0 Å². The van der Waals surface area contributed by atoms with Gasteiger partial charge in [0.05, 0.1) is 5.69 Å². The Morgan fingerprint density at radius 3 is 2.42 bits per heavy atom. The number of benzene rings is 2. The number of hydrogen-bond acceptors (Lipinski definition) is 2. The van der Waals surface area contributed by atoms with E-state index in [1.807, 2.05) is 0 Å². The lowest BCUT2D eigenvalue weighted by molar-refractivity contribution is -0.112. The molecule has 1 aliphatic carbocycles. The summed E-state index contributed by atoms with van der Waals surface area (Å²) in [5, 5.41) is 0. The molecule has 0 bridgehead atoms. The SMILES string of the molecule is Cc1cc(C)cc(C2=Nc3cccc(C4CCCC4)c3CC2=O)c1. The molecular formula is C22H23NO. The summed E-state index contributed by atoms with van der Waals surface area (Å²) >= 11 is 0. The number of aliphatic imine (C=N–C) groups is 1. The molecule has 0 N–H and O–H groups in total. The third kappa shape index (κ3) is 2.71. The highest BCUT2D eigenvalue weighted by molar-refractivity contribution is 6.47. The highest BCUT2D eigenvalue weighted by atomic mass is 16.1. The minimum atomic E-state index is 0.151. The number of hydrogen-bond donors (Lipinski definition) is 0. The maximum Gasteiger partial charge on any atom is 0.186 e. The van der Waals surface area contributed by atoms with Gasteiger partial charge in [0, 0.05) is 12.0 Å². The minimum Gasteiger partial charge on any atom is -0.292 e. The van der Waals surface area contributed by atoms with E-state index in [-0.39, 0.29) is 5.78 Å². The predicted molar refractivity (Wildman–Crippen MR) is 98.5 cm³/mol. The summed E-state index contributed by atoms with van der Waals surface area (Å²) in [5.74, 6) is 0.767. The first-order valence-electron chi connectivity index (χ1n) is 8.94. The molecular weight excluding hydrogens is 294 g/mol. The van der Waals surface area contributed by atoms with Crippen LogP contribution < -0.4 is 0 Å². The van der Waals surface area contributed by atoms with Crippen molar-refractivity contribution in [1.82, 2.24) is 0 Å². The fraction of sp³-hybridized carbons (Fsp3) is 0.364. The summed E-state index contributed by atoms with van der Waals surface area (Å²) in [6, 6.07) is 12.6. The lowest BCUT2D eigenvalue weighted by atomic mass is 9.86. The van der Waals surface area contributed by atoms with Crippen LogP contribution in [0.5, 0.6) is 0 Å². The third-order valence-electron chi connectivity index (χ3n) is 5.31. The van der Waals surface area contributed by atoms with E-state index in [2.05, 4.69) is 50.2 Å². The molecule has 1 aliphatic heterocycles. The van der Waals surface area contributed by atoms with Crippen molar-refractivity contribution in [3.05, 3.63) is 64.2 Å². The van der Waals surface area contributed by atoms with Crippen LogP contribution >= 0.6 is 0 Å². The molecule has 2 aliphatic rings. The largest absolute Gasteiger partial charge is 0.292 e. The van der Waals surface area contributed by atoms with Crippen molar-refractivity contribution >= 4 is 17.2 Å². The molecule has 0 saturated heterocycles. The molecule has 2 heteroatoms. The van der Waals surface area contributed by atoms with Crippen molar-refractivity contribution in [2.24, 2.45) is 4.99 Å². The smallest absolute Gasteiger partial charge is 0.186 e. The van der Waals surface area contributed by atoms with Crippen molar-refractivity contribution in [2.45, 2.75) is 51.9 Å². The zero-order valence-electron chi connectivity index (χ0n) is 14.4. The predicted octanol–water partition coefficient (Wildman–Crippen LogP) is 5.21. The van der Waals surface area contributed by atoms with Gasteiger partial charge < -0.3 is 0 Å². The number of aryl methyl sites for hydroxylation is 2. The molecule has 1 heterocycles. The van der Waals surface area contributed by atoms with Gasteiger partial charge in [-0.15, -0.1) is 0 Å². The Hall–Kier alpha value is -2.22. The molecule has 2 aromatic carbocycles. The standard InChI is InChI=1S/C22H23NO/c1-14-10-15(2)12-17(11-14)22-21(24)13-19-18(16-6-3-4-7-16)8-5-9-20(19)23-22/h5,8-12,16H,3-4,6-7,13H2,1-2H3. The van der Waals surface area contributed by atoms with E-state index >= 15 is 0 Å². The highest BCUT2D eigenvalue weighted by Crippen LogP contribution is 2.40. The zero-order chi connectivity index (χ0) is 16.7. The molecule has 122 valence electrons. The van der Waals surface area contributed by atoms with E-state index in [1.165, 1.54) is 47.9 Å². The van der Waals surface area contributed by atoms with E-state index < -0.39 is 0 Å². The Bertz CT molecular complexity index is 821. The summed E-state index contributed by atoms with van der Waals surface area (Å²) in [5.41, 5.74) is 7.45. The molecule has 0 unspecified atom stereocenters. The molecule has 24 heavy (non-hydrogen) atoms. The second kappa shape index (κ2) is 6.01. The second-order valence-corrected chi connectivity index (χ2v) is 7.26. The average molecular weight is 317 g/mol. The number of Topliss-reactive ketones (excluding diaryl/α,β-unsaturated/α-hetero) is 1. The Balaban J connectivity index is 1.80. The summed E-state index contributed by atoms with van der Waals surface area (Å²) < 4.78 is 0. The van der Waals surface area contributed by atoms with Crippen LogP contribution in [0.1, 0.15) is 59.4 Å². The lowest BCUT2D eigenvalue weighted by Gasteiger charge is -2.21. The van der Waals surface area contributed by atoms with Crippen LogP contribution in [-0.4, -0.2) is 11.5 Å². The Morgan fingerprint density at radius 1 is 1.00 bits per heavy atom. The van der Waals surface area contributed by atoms with Gasteiger partial charge in [-0.1, -0.05) is 42.2 Å². The normalized spacial score (nSPS) is 17.8. The van der Waals surface area contributed by atoms with Crippen LogP contribution in [-0.2, 0) is 11.2 Å². The lowest BCUT2D eigenvalue weighted by Crippen LogP contribution is -2.22. The molecule has 2 nitrogen and oxygen atoms in total. The van der Waals surface area contributed by atoms with Crippen LogP contribution in [0.3, 0.4) is 0 Å². The molecule has 1 fully saturated rings. The molecule has 0 radical (unpaired) electrons. The summed E-state index contributed by atoms with van der Waals surface area (Å²) in [6.07, 6.45) is 5.60. The van der Waals surface area contributed by atoms with Crippen molar-refractivity contribution < 1.29 is 4.79 Å². The number of carbonyl (C=O) groups is 1. The van der Waals surface area contributed by atoms with Gasteiger partial charge in [0.2, 0.25) is 0 Å². The number of nitrogens with zero attached hydrogens (tertiary/aromatic N) is 1. The van der Waals surface area contributed by atoms with Crippen LogP contribution in [0.25, 0.3) is 0 Å². The fourth-order valence-electron chi connectivity index (χ4n) is 4.27. The Kier molecular flexibility index (Phi) is 3.84. The van der Waals surface area contributed by atoms with Crippen molar-refractivity contribution in [3.63, 3.8) is 0 Å². The van der Waals surface area contributed by atoms with Gasteiger partial charge in [0.25, 0.3) is 0 Å². The van der Waals surface area contributed by atoms with Gasteiger partial charge in [-0.25, -0.2) is 4.99 Å². The second-order valence-electron chi connectivity index (χ2n) is 7.26. The van der Waals surface area contributed by atoms with Crippen LogP contribution in [0, 0.1) is 13.8 Å². The summed E-state index contributed by atoms with van der Waals surface area (Å²) in [4.78, 5) is 17.6. The quantitative estimate of drug-likeness (QED) is 0.748. The molecule has 4 rings (SSSR count). The molecule has 0 amide bonds. The first kappa shape index (κ1) is 15.3. The molecule has 0 atom stereocenters. The van der Waals surface area contributed by atoms with Crippen LogP contribution in [0.15, 0.2) is 41.4 Å². The maximum absolute atomic E-state index is 12.8. The third-order valence-corrected chi connectivity index (χ3v) is 5.31. The highest BCUT2D eigenvalue weighted by Gasteiger charge is 2.27. The van der Waals surface area contributed by atoms with Crippen LogP contribution in [0.4, 0.5) is 5.69 Å². The fourth-order valence-corrected chi connectivity index (χ4v) is 4.27. The first-order valence-corrected chi connectivity index (χ1v) is 8.94. The number of ketones is 1. The van der Waals surface area contributed by atoms with Crippen molar-refractivity contribution in [2.75, 3.05) is 0 Å². The summed E-state index contributed by atoms with van der Waals surface area (Å²) in [6.45, 7) is 4.13. The average Bonchev–Trinajstić information content (AvgIpc) is 3.07. The molecule has 0 aromatic heterocycles. The maximum atomic E-state index is 12.8. The monoisotopic (exact) mass is 317 g/mol. The van der Waals surface area contributed by atoms with E-state index in [0.29, 0.717) is 18.1 Å². The number of fused-ring (bicyclic) bond motifs is 1.